The van der Waals surface area contributed by atoms with E-state index in [-0.39, 0.29) is 11.7 Å². The van der Waals surface area contributed by atoms with Crippen LogP contribution in [0.25, 0.3) is 0 Å². The zero-order valence-corrected chi connectivity index (χ0v) is 14.0. The van der Waals surface area contributed by atoms with Crippen LogP contribution < -0.4 is 0 Å². The molecule has 0 spiro atoms. The smallest absolute Gasteiger partial charge is 0.346 e. The molecule has 0 N–H and O–H groups in total. The van der Waals surface area contributed by atoms with Crippen LogP contribution in [0, 0.1) is 0 Å². The fraction of sp³-hybridized carbons (Fsp3) is 0.867. The highest BCUT2D eigenvalue weighted by atomic mass is 28.4. The van der Waals surface area contributed by atoms with E-state index in [1.165, 1.54) is 18.4 Å². The van der Waals surface area contributed by atoms with Gasteiger partial charge in [0.25, 0.3) is 0 Å². The molecule has 1 aliphatic rings. The highest BCUT2D eigenvalue weighted by Gasteiger charge is 2.54. The lowest BCUT2D eigenvalue weighted by Gasteiger charge is -2.40. The minimum Gasteiger partial charge on any atom is -0.391 e. The first kappa shape index (κ1) is 15.9. The van der Waals surface area contributed by atoms with Crippen molar-refractivity contribution in [1.29, 1.82) is 0 Å². The van der Waals surface area contributed by atoms with E-state index in [1.807, 2.05) is 0 Å². The molecule has 1 unspecified atom stereocenters. The van der Waals surface area contributed by atoms with Gasteiger partial charge in [0.05, 0.1) is 5.60 Å². The molecular weight excluding hydrogens is 240 g/mol. The van der Waals surface area contributed by atoms with Crippen molar-refractivity contribution in [3.05, 3.63) is 12.2 Å². The summed E-state index contributed by atoms with van der Waals surface area (Å²) in [5.74, 6) is 0. The molecule has 2 nitrogen and oxygen atoms in total. The van der Waals surface area contributed by atoms with E-state index in [4.69, 9.17) is 8.85 Å². The van der Waals surface area contributed by atoms with Crippen LogP contribution in [0.2, 0.25) is 11.6 Å². The molecule has 1 aliphatic carbocycles. The van der Waals surface area contributed by atoms with Crippen molar-refractivity contribution in [3.8, 4) is 0 Å². The maximum Gasteiger partial charge on any atom is 0.346 e. The molecule has 1 saturated carbocycles. The van der Waals surface area contributed by atoms with Crippen LogP contribution in [0.4, 0.5) is 0 Å². The molecule has 0 heterocycles. The first-order chi connectivity index (χ1) is 8.21. The summed E-state index contributed by atoms with van der Waals surface area (Å²) in [6.07, 6.45) is 3.80. The van der Waals surface area contributed by atoms with Gasteiger partial charge in [-0.05, 0) is 53.9 Å². The third-order valence-electron chi connectivity index (χ3n) is 3.48. The second-order valence-corrected chi connectivity index (χ2v) is 9.84. The quantitative estimate of drug-likeness (QED) is 0.466. The average molecular weight is 270 g/mol. The lowest BCUT2D eigenvalue weighted by molar-refractivity contribution is 0.0326. The number of hydrogen-bond acceptors (Lipinski definition) is 2. The summed E-state index contributed by atoms with van der Waals surface area (Å²) in [5, 5.41) is 0. The fourth-order valence-electron chi connectivity index (χ4n) is 2.31. The molecule has 1 rings (SSSR count). The van der Waals surface area contributed by atoms with Crippen LogP contribution in [0.1, 0.15) is 60.8 Å². The molecular formula is C15H30O2Si. The maximum atomic E-state index is 6.58. The Morgan fingerprint density at radius 2 is 1.94 bits per heavy atom. The number of allylic oxidation sites excluding steroid dienone is 1. The van der Waals surface area contributed by atoms with Gasteiger partial charge in [0.1, 0.15) is 0 Å². The SMILES string of the molecule is C=C(C)C[Si](OC(C)C)(OC(C)(C)CC)C1CC1. The Balaban J connectivity index is 2.92. The first-order valence-corrected chi connectivity index (χ1v) is 9.33. The van der Waals surface area contributed by atoms with Crippen LogP contribution in [-0.4, -0.2) is 20.3 Å². The Hall–Kier alpha value is -0.123. The van der Waals surface area contributed by atoms with E-state index in [2.05, 4.69) is 48.1 Å². The van der Waals surface area contributed by atoms with Gasteiger partial charge < -0.3 is 8.85 Å². The third kappa shape index (κ3) is 4.52. The zero-order chi connectivity index (χ0) is 14.0. The fourth-order valence-corrected chi connectivity index (χ4v) is 6.92. The molecule has 0 aromatic heterocycles. The molecule has 0 saturated heterocycles. The Morgan fingerprint density at radius 3 is 2.28 bits per heavy atom. The summed E-state index contributed by atoms with van der Waals surface area (Å²) in [6, 6.07) is 0.944. The van der Waals surface area contributed by atoms with Gasteiger partial charge in [-0.1, -0.05) is 12.5 Å². The maximum absolute atomic E-state index is 6.58. The summed E-state index contributed by atoms with van der Waals surface area (Å²) >= 11 is 0. The Bertz CT molecular complexity index is 295. The van der Waals surface area contributed by atoms with Crippen molar-refractivity contribution in [2.75, 3.05) is 0 Å². The predicted octanol–water partition coefficient (Wildman–Crippen LogP) is 4.80. The van der Waals surface area contributed by atoms with Gasteiger partial charge in [-0.15, -0.1) is 6.58 Å². The van der Waals surface area contributed by atoms with Crippen LogP contribution in [0.3, 0.4) is 0 Å². The third-order valence-corrected chi connectivity index (χ3v) is 8.17. The van der Waals surface area contributed by atoms with Crippen LogP contribution in [0.15, 0.2) is 12.2 Å². The van der Waals surface area contributed by atoms with Crippen LogP contribution in [0.5, 0.6) is 0 Å². The molecule has 0 amide bonds. The minimum absolute atomic E-state index is 0.0842. The standard InChI is InChI=1S/C15H30O2Si/c1-8-15(6,7)17-18(11-12(2)3,14-9-10-14)16-13(4)5/h13-14H,2,8-11H2,1,3-7H3. The van der Waals surface area contributed by atoms with Gasteiger partial charge in [0.2, 0.25) is 0 Å². The molecule has 0 bridgehead atoms. The van der Waals surface area contributed by atoms with Crippen molar-refractivity contribution in [2.24, 2.45) is 0 Å². The summed E-state index contributed by atoms with van der Waals surface area (Å²) in [6.45, 7) is 17.0. The van der Waals surface area contributed by atoms with Crippen molar-refractivity contribution in [3.63, 3.8) is 0 Å². The van der Waals surface area contributed by atoms with Gasteiger partial charge in [-0.3, -0.25) is 0 Å². The lowest BCUT2D eigenvalue weighted by Crippen LogP contribution is -2.50. The predicted molar refractivity (Wildman–Crippen MR) is 80.0 cm³/mol. The van der Waals surface area contributed by atoms with Crippen molar-refractivity contribution < 1.29 is 8.85 Å². The molecule has 0 aromatic rings. The van der Waals surface area contributed by atoms with Gasteiger partial charge in [-0.2, -0.15) is 0 Å². The van der Waals surface area contributed by atoms with Crippen LogP contribution >= 0.6 is 0 Å². The van der Waals surface area contributed by atoms with E-state index < -0.39 is 8.56 Å². The average Bonchev–Trinajstić information content (AvgIpc) is 2.97. The van der Waals surface area contributed by atoms with Gasteiger partial charge in [0, 0.05) is 17.7 Å². The Kier molecular flexibility index (Phi) is 5.21. The second kappa shape index (κ2) is 5.89. The summed E-state index contributed by atoms with van der Waals surface area (Å²) in [7, 11) is -2.14. The van der Waals surface area contributed by atoms with Gasteiger partial charge >= 0.3 is 8.56 Å². The Labute approximate surface area is 114 Å². The molecule has 0 aliphatic heterocycles. The van der Waals surface area contributed by atoms with E-state index in [0.29, 0.717) is 5.54 Å². The minimum atomic E-state index is -2.14. The lowest BCUT2D eigenvalue weighted by atomic mass is 10.1. The van der Waals surface area contributed by atoms with Crippen molar-refractivity contribution in [2.45, 2.75) is 84.1 Å². The number of rotatable bonds is 8. The molecule has 1 atom stereocenters. The Morgan fingerprint density at radius 1 is 1.39 bits per heavy atom. The highest BCUT2D eigenvalue weighted by molar-refractivity contribution is 6.70. The molecule has 1 fully saturated rings. The van der Waals surface area contributed by atoms with E-state index in [9.17, 15) is 0 Å². The van der Waals surface area contributed by atoms with E-state index >= 15 is 0 Å². The zero-order valence-electron chi connectivity index (χ0n) is 13.0. The van der Waals surface area contributed by atoms with Crippen molar-refractivity contribution >= 4 is 8.56 Å². The first-order valence-electron chi connectivity index (χ1n) is 7.23. The summed E-state index contributed by atoms with van der Waals surface area (Å²) in [5.41, 5.74) is 1.78. The monoisotopic (exact) mass is 270 g/mol. The van der Waals surface area contributed by atoms with Gasteiger partial charge in [0.15, 0.2) is 0 Å². The normalized spacial score (nSPS) is 19.9. The molecule has 0 radical (unpaired) electrons. The number of hydrogen-bond donors (Lipinski definition) is 0. The van der Waals surface area contributed by atoms with Crippen LogP contribution in [-0.2, 0) is 8.85 Å². The van der Waals surface area contributed by atoms with Crippen molar-refractivity contribution in [1.82, 2.24) is 0 Å². The second-order valence-electron chi connectivity index (χ2n) is 6.60. The summed E-state index contributed by atoms with van der Waals surface area (Å²) < 4.78 is 12.9. The molecule has 18 heavy (non-hydrogen) atoms. The largest absolute Gasteiger partial charge is 0.391 e. The van der Waals surface area contributed by atoms with Gasteiger partial charge in [-0.25, -0.2) is 0 Å². The summed E-state index contributed by atoms with van der Waals surface area (Å²) in [4.78, 5) is 0. The molecule has 3 heteroatoms. The highest BCUT2D eigenvalue weighted by Crippen LogP contribution is 2.50. The van der Waals surface area contributed by atoms with E-state index in [1.54, 1.807) is 0 Å². The molecule has 0 aromatic carbocycles. The molecule has 106 valence electrons. The topological polar surface area (TPSA) is 18.5 Å². The van der Waals surface area contributed by atoms with E-state index in [0.717, 1.165) is 12.5 Å².